The third-order valence-corrected chi connectivity index (χ3v) is 2.74. The van der Waals surface area contributed by atoms with Gasteiger partial charge in [-0.05, 0) is 24.5 Å². The Balaban J connectivity index is 2.66. The van der Waals surface area contributed by atoms with Gasteiger partial charge in [0.05, 0.1) is 11.5 Å². The molecule has 1 aromatic rings. The van der Waals surface area contributed by atoms with E-state index < -0.39 is 28.4 Å². The van der Waals surface area contributed by atoms with Crippen molar-refractivity contribution < 1.29 is 19.6 Å². The number of carbonyl (C=O) groups excluding carboxylic acids is 1. The molecule has 0 heterocycles. The molecule has 1 rings (SSSR count). The van der Waals surface area contributed by atoms with E-state index >= 15 is 0 Å². The third-order valence-electron chi connectivity index (χ3n) is 2.74. The highest BCUT2D eigenvalue weighted by molar-refractivity contribution is 5.76. The number of carbonyl (C=O) groups is 1. The maximum atomic E-state index is 11.6. The van der Waals surface area contributed by atoms with Crippen LogP contribution in [-0.2, 0) is 16.0 Å². The van der Waals surface area contributed by atoms with E-state index in [1.54, 1.807) is 0 Å². The standard InChI is InChI=1S/C13H18N2O5/c1-2-3-6-20-13(17)10(14)7-9-4-5-12(16)11(8-9)15(18)19/h4-5,8,10,16H,2-3,6-7,14H2,1H3/t10-/m0/s1. The number of phenols is 1. The highest BCUT2D eigenvalue weighted by Gasteiger charge is 2.19. The first-order chi connectivity index (χ1) is 9.45. The van der Waals surface area contributed by atoms with Crippen LogP contribution in [-0.4, -0.2) is 28.6 Å². The van der Waals surface area contributed by atoms with E-state index in [-0.39, 0.29) is 6.42 Å². The van der Waals surface area contributed by atoms with Gasteiger partial charge in [-0.15, -0.1) is 0 Å². The number of benzene rings is 1. The number of nitrogens with zero attached hydrogens (tertiary/aromatic N) is 1. The lowest BCUT2D eigenvalue weighted by Gasteiger charge is -2.11. The van der Waals surface area contributed by atoms with E-state index in [0.29, 0.717) is 12.2 Å². The molecule has 0 aliphatic heterocycles. The van der Waals surface area contributed by atoms with E-state index in [9.17, 15) is 20.0 Å². The number of ether oxygens (including phenoxy) is 1. The Morgan fingerprint density at radius 2 is 2.25 bits per heavy atom. The first-order valence-electron chi connectivity index (χ1n) is 6.34. The molecule has 0 aliphatic rings. The van der Waals surface area contributed by atoms with Crippen LogP contribution in [0.5, 0.6) is 5.75 Å². The van der Waals surface area contributed by atoms with Crippen molar-refractivity contribution in [2.75, 3.05) is 6.61 Å². The van der Waals surface area contributed by atoms with E-state index in [0.717, 1.165) is 12.8 Å². The number of esters is 1. The fraction of sp³-hybridized carbons (Fsp3) is 0.462. The Morgan fingerprint density at radius 1 is 1.55 bits per heavy atom. The SMILES string of the molecule is CCCCOC(=O)[C@@H](N)Cc1ccc(O)c([N+](=O)[O-])c1. The minimum absolute atomic E-state index is 0.117. The molecule has 0 saturated carbocycles. The van der Waals surface area contributed by atoms with E-state index in [1.807, 2.05) is 6.92 Å². The fourth-order valence-corrected chi connectivity index (χ4v) is 1.60. The molecule has 0 amide bonds. The molecule has 0 radical (unpaired) electrons. The van der Waals surface area contributed by atoms with Crippen LogP contribution in [0.3, 0.4) is 0 Å². The van der Waals surface area contributed by atoms with Gasteiger partial charge in [-0.25, -0.2) is 0 Å². The number of hydrogen-bond acceptors (Lipinski definition) is 6. The van der Waals surface area contributed by atoms with Crippen molar-refractivity contribution in [3.8, 4) is 5.75 Å². The molecular weight excluding hydrogens is 264 g/mol. The summed E-state index contributed by atoms with van der Waals surface area (Å²) in [6, 6.07) is 3.02. The van der Waals surface area contributed by atoms with Crippen LogP contribution in [0.2, 0.25) is 0 Å². The summed E-state index contributed by atoms with van der Waals surface area (Å²) in [6.07, 6.45) is 1.79. The van der Waals surface area contributed by atoms with Gasteiger partial charge in [0.2, 0.25) is 0 Å². The van der Waals surface area contributed by atoms with Crippen LogP contribution in [0.25, 0.3) is 0 Å². The second-order valence-corrected chi connectivity index (χ2v) is 4.41. The molecule has 20 heavy (non-hydrogen) atoms. The van der Waals surface area contributed by atoms with Crippen molar-refractivity contribution in [1.29, 1.82) is 0 Å². The van der Waals surface area contributed by atoms with Crippen molar-refractivity contribution in [2.24, 2.45) is 5.73 Å². The summed E-state index contributed by atoms with van der Waals surface area (Å²) in [5, 5.41) is 20.0. The van der Waals surface area contributed by atoms with Crippen LogP contribution in [0, 0.1) is 10.1 Å². The van der Waals surface area contributed by atoms with Gasteiger partial charge in [-0.3, -0.25) is 14.9 Å². The van der Waals surface area contributed by atoms with Gasteiger partial charge < -0.3 is 15.6 Å². The van der Waals surface area contributed by atoms with Crippen molar-refractivity contribution in [3.05, 3.63) is 33.9 Å². The maximum absolute atomic E-state index is 11.6. The lowest BCUT2D eigenvalue weighted by molar-refractivity contribution is -0.385. The summed E-state index contributed by atoms with van der Waals surface area (Å²) in [5.74, 6) is -0.952. The molecule has 0 aromatic heterocycles. The Hall–Kier alpha value is -2.15. The maximum Gasteiger partial charge on any atom is 0.323 e. The average molecular weight is 282 g/mol. The fourth-order valence-electron chi connectivity index (χ4n) is 1.60. The van der Waals surface area contributed by atoms with Gasteiger partial charge in [0.15, 0.2) is 5.75 Å². The van der Waals surface area contributed by atoms with Crippen LogP contribution < -0.4 is 5.73 Å². The van der Waals surface area contributed by atoms with Gasteiger partial charge in [-0.2, -0.15) is 0 Å². The smallest absolute Gasteiger partial charge is 0.323 e. The Bertz CT molecular complexity index is 490. The van der Waals surface area contributed by atoms with E-state index in [1.165, 1.54) is 18.2 Å². The van der Waals surface area contributed by atoms with Gasteiger partial charge in [0, 0.05) is 6.07 Å². The molecule has 7 heteroatoms. The molecule has 7 nitrogen and oxygen atoms in total. The quantitative estimate of drug-likeness (QED) is 0.339. The molecule has 1 atom stereocenters. The van der Waals surface area contributed by atoms with E-state index in [2.05, 4.69) is 0 Å². The molecule has 0 aliphatic carbocycles. The minimum Gasteiger partial charge on any atom is -0.502 e. The van der Waals surface area contributed by atoms with E-state index in [4.69, 9.17) is 10.5 Å². The molecule has 0 unspecified atom stereocenters. The van der Waals surface area contributed by atoms with Gasteiger partial charge in [-0.1, -0.05) is 19.4 Å². The van der Waals surface area contributed by atoms with Gasteiger partial charge in [0.1, 0.15) is 6.04 Å². The third kappa shape index (κ3) is 4.51. The highest BCUT2D eigenvalue weighted by atomic mass is 16.6. The summed E-state index contributed by atoms with van der Waals surface area (Å²) in [5.41, 5.74) is 5.78. The first kappa shape index (κ1) is 15.9. The van der Waals surface area contributed by atoms with Gasteiger partial charge >= 0.3 is 11.7 Å². The van der Waals surface area contributed by atoms with Crippen LogP contribution >= 0.6 is 0 Å². The Labute approximate surface area is 116 Å². The molecule has 0 saturated heterocycles. The number of phenolic OH excluding ortho intramolecular Hbond substituents is 1. The largest absolute Gasteiger partial charge is 0.502 e. The van der Waals surface area contributed by atoms with Crippen molar-refractivity contribution in [3.63, 3.8) is 0 Å². The van der Waals surface area contributed by atoms with Crippen molar-refractivity contribution >= 4 is 11.7 Å². The molecule has 1 aromatic carbocycles. The highest BCUT2D eigenvalue weighted by Crippen LogP contribution is 2.26. The average Bonchev–Trinajstić information content (AvgIpc) is 2.40. The lowest BCUT2D eigenvalue weighted by atomic mass is 10.1. The topological polar surface area (TPSA) is 116 Å². The molecule has 0 bridgehead atoms. The second-order valence-electron chi connectivity index (χ2n) is 4.41. The van der Waals surface area contributed by atoms with Gasteiger partial charge in [0.25, 0.3) is 0 Å². The number of nitro benzene ring substituents is 1. The Kier molecular flexibility index (Phi) is 5.92. The number of hydrogen-bond donors (Lipinski definition) is 2. The lowest BCUT2D eigenvalue weighted by Crippen LogP contribution is -2.34. The normalized spacial score (nSPS) is 11.9. The summed E-state index contributed by atoms with van der Waals surface area (Å²) in [4.78, 5) is 21.6. The Morgan fingerprint density at radius 3 is 2.85 bits per heavy atom. The summed E-state index contributed by atoms with van der Waals surface area (Å²) in [6.45, 7) is 2.29. The summed E-state index contributed by atoms with van der Waals surface area (Å²) in [7, 11) is 0. The number of nitrogens with two attached hydrogens (primary N) is 1. The zero-order chi connectivity index (χ0) is 15.1. The second kappa shape index (κ2) is 7.44. The number of unbranched alkanes of at least 4 members (excludes halogenated alkanes) is 1. The molecule has 0 fully saturated rings. The monoisotopic (exact) mass is 282 g/mol. The summed E-state index contributed by atoms with van der Waals surface area (Å²) < 4.78 is 4.97. The van der Waals surface area contributed by atoms with Crippen LogP contribution in [0.4, 0.5) is 5.69 Å². The van der Waals surface area contributed by atoms with Crippen molar-refractivity contribution in [1.82, 2.24) is 0 Å². The number of aromatic hydroxyl groups is 1. The number of nitro groups is 1. The number of rotatable bonds is 7. The predicted molar refractivity (Wildman–Crippen MR) is 72.3 cm³/mol. The van der Waals surface area contributed by atoms with Crippen LogP contribution in [0.1, 0.15) is 25.3 Å². The predicted octanol–water partition coefficient (Wildman–Crippen LogP) is 1.51. The zero-order valence-corrected chi connectivity index (χ0v) is 11.2. The minimum atomic E-state index is -0.879. The first-order valence-corrected chi connectivity index (χ1v) is 6.34. The zero-order valence-electron chi connectivity index (χ0n) is 11.2. The molecule has 0 spiro atoms. The summed E-state index contributed by atoms with van der Waals surface area (Å²) >= 11 is 0. The van der Waals surface area contributed by atoms with Crippen LogP contribution in [0.15, 0.2) is 18.2 Å². The molecule has 3 N–H and O–H groups in total. The van der Waals surface area contributed by atoms with Crippen molar-refractivity contribution in [2.45, 2.75) is 32.2 Å². The molecule has 110 valence electrons. The molecular formula is C13H18N2O5.